The molecule has 1 heterocycles. The van der Waals surface area contributed by atoms with Crippen molar-refractivity contribution in [3.63, 3.8) is 0 Å². The summed E-state index contributed by atoms with van der Waals surface area (Å²) in [5.74, 6) is 0.798. The highest BCUT2D eigenvalue weighted by Gasteiger charge is 2.40. The molecule has 0 aliphatic heterocycles. The zero-order valence-electron chi connectivity index (χ0n) is 13.7. The van der Waals surface area contributed by atoms with Crippen LogP contribution in [0.3, 0.4) is 0 Å². The van der Waals surface area contributed by atoms with Gasteiger partial charge in [0.1, 0.15) is 9.88 Å². The van der Waals surface area contributed by atoms with Gasteiger partial charge in [-0.25, -0.2) is 9.78 Å². The van der Waals surface area contributed by atoms with Crippen LogP contribution < -0.4 is 5.32 Å². The molecule has 1 aromatic heterocycles. The summed E-state index contributed by atoms with van der Waals surface area (Å²) in [6.07, 6.45) is 6.46. The molecule has 4 unspecified atom stereocenters. The number of nitrogens with one attached hydrogen (secondary N) is 1. The summed E-state index contributed by atoms with van der Waals surface area (Å²) >= 11 is 1.30. The lowest BCUT2D eigenvalue weighted by atomic mass is 9.92. The first-order valence-corrected chi connectivity index (χ1v) is 8.94. The average molecular weight is 334 g/mol. The zero-order valence-corrected chi connectivity index (χ0v) is 14.5. The Bertz CT molecular complexity index is 652. The number of fused-ring (bicyclic) bond motifs is 2. The van der Waals surface area contributed by atoms with E-state index in [0.29, 0.717) is 29.0 Å². The van der Waals surface area contributed by atoms with Crippen molar-refractivity contribution in [2.45, 2.75) is 39.7 Å². The normalized spacial score (nSPS) is 26.3. The molecule has 1 fully saturated rings. The fourth-order valence-corrected chi connectivity index (χ4v) is 4.42. The van der Waals surface area contributed by atoms with E-state index >= 15 is 0 Å². The molecule has 0 saturated heterocycles. The maximum absolute atomic E-state index is 12.5. The third-order valence-corrected chi connectivity index (χ3v) is 5.94. The third kappa shape index (κ3) is 3.17. The zero-order chi connectivity index (χ0) is 16.6. The average Bonchev–Trinajstić information content (AvgIpc) is 3.21. The summed E-state index contributed by atoms with van der Waals surface area (Å²) in [4.78, 5) is 29.3. The first kappa shape index (κ1) is 16.2. The summed E-state index contributed by atoms with van der Waals surface area (Å²) in [7, 11) is 0. The summed E-state index contributed by atoms with van der Waals surface area (Å²) in [5, 5.41) is 3.81. The van der Waals surface area contributed by atoms with Crippen LogP contribution in [0.5, 0.6) is 0 Å². The van der Waals surface area contributed by atoms with Crippen LogP contribution in [0.2, 0.25) is 0 Å². The monoisotopic (exact) mass is 334 g/mol. The Labute approximate surface area is 140 Å². The molecule has 3 rings (SSSR count). The summed E-state index contributed by atoms with van der Waals surface area (Å²) in [6.45, 7) is 5.83. The molecule has 0 aromatic carbocycles. The molecule has 2 aliphatic rings. The van der Waals surface area contributed by atoms with Gasteiger partial charge in [0.25, 0.3) is 0 Å². The Morgan fingerprint density at radius 1 is 1.43 bits per heavy atom. The Morgan fingerprint density at radius 3 is 2.83 bits per heavy atom. The van der Waals surface area contributed by atoms with E-state index < -0.39 is 0 Å². The lowest BCUT2D eigenvalue weighted by molar-refractivity contribution is -0.126. The minimum absolute atomic E-state index is 0.0815. The number of ether oxygens (including phenoxy) is 1. The summed E-state index contributed by atoms with van der Waals surface area (Å²) < 4.78 is 5.03. The van der Waals surface area contributed by atoms with Crippen LogP contribution in [0.15, 0.2) is 12.2 Å². The van der Waals surface area contributed by atoms with Gasteiger partial charge in [-0.3, -0.25) is 4.79 Å². The Hall–Kier alpha value is -1.69. The van der Waals surface area contributed by atoms with Gasteiger partial charge < -0.3 is 10.1 Å². The minimum Gasteiger partial charge on any atom is -0.462 e. The highest BCUT2D eigenvalue weighted by Crippen LogP contribution is 2.43. The van der Waals surface area contributed by atoms with E-state index in [-0.39, 0.29) is 23.8 Å². The second kappa shape index (κ2) is 6.43. The van der Waals surface area contributed by atoms with Gasteiger partial charge in [-0.2, -0.15) is 0 Å². The standard InChI is InChI=1S/C17H22N2O3S/c1-4-22-17(21)14-9(2)19-16(23-14)10(3)18-15(20)13-8-11-5-6-12(13)7-11/h5-6,10-13H,4,7-8H2,1-3H3,(H,18,20). The molecule has 1 aromatic rings. The topological polar surface area (TPSA) is 68.3 Å². The van der Waals surface area contributed by atoms with Crippen LogP contribution in [0.4, 0.5) is 0 Å². The number of aromatic nitrogens is 1. The molecule has 124 valence electrons. The van der Waals surface area contributed by atoms with E-state index in [0.717, 1.165) is 17.8 Å². The molecule has 2 aliphatic carbocycles. The van der Waals surface area contributed by atoms with Gasteiger partial charge in [-0.05, 0) is 45.4 Å². The SMILES string of the molecule is CCOC(=O)c1sc(C(C)NC(=O)C2CC3C=CC2C3)nc1C. The number of hydrogen-bond acceptors (Lipinski definition) is 5. The number of amides is 1. The van der Waals surface area contributed by atoms with Gasteiger partial charge in [0.2, 0.25) is 5.91 Å². The van der Waals surface area contributed by atoms with Gasteiger partial charge in [-0.1, -0.05) is 12.2 Å². The molecule has 1 amide bonds. The Morgan fingerprint density at radius 2 is 2.22 bits per heavy atom. The number of thiazole rings is 1. The number of carbonyl (C=O) groups is 2. The van der Waals surface area contributed by atoms with Crippen molar-refractivity contribution < 1.29 is 14.3 Å². The van der Waals surface area contributed by atoms with Crippen molar-refractivity contribution >= 4 is 23.2 Å². The van der Waals surface area contributed by atoms with E-state index in [1.807, 2.05) is 6.92 Å². The van der Waals surface area contributed by atoms with Gasteiger partial charge >= 0.3 is 5.97 Å². The van der Waals surface area contributed by atoms with Gasteiger partial charge in [-0.15, -0.1) is 11.3 Å². The molecule has 0 spiro atoms. The highest BCUT2D eigenvalue weighted by molar-refractivity contribution is 7.13. The second-order valence-electron chi connectivity index (χ2n) is 6.30. The summed E-state index contributed by atoms with van der Waals surface area (Å²) in [5.41, 5.74) is 0.660. The van der Waals surface area contributed by atoms with E-state index in [1.165, 1.54) is 11.3 Å². The van der Waals surface area contributed by atoms with E-state index in [1.54, 1.807) is 13.8 Å². The van der Waals surface area contributed by atoms with Gasteiger partial charge in [0.05, 0.1) is 18.3 Å². The van der Waals surface area contributed by atoms with E-state index in [2.05, 4.69) is 22.5 Å². The quantitative estimate of drug-likeness (QED) is 0.664. The molecule has 5 nitrogen and oxygen atoms in total. The number of esters is 1. The van der Waals surface area contributed by atoms with Crippen molar-refractivity contribution in [1.82, 2.24) is 10.3 Å². The second-order valence-corrected chi connectivity index (χ2v) is 7.33. The van der Waals surface area contributed by atoms with Crippen molar-refractivity contribution in [3.05, 3.63) is 27.7 Å². The summed E-state index contributed by atoms with van der Waals surface area (Å²) in [6, 6.07) is -0.197. The van der Waals surface area contributed by atoms with Crippen LogP contribution in [0.25, 0.3) is 0 Å². The number of aryl methyl sites for hydroxylation is 1. The number of nitrogens with zero attached hydrogens (tertiary/aromatic N) is 1. The largest absolute Gasteiger partial charge is 0.462 e. The van der Waals surface area contributed by atoms with Crippen molar-refractivity contribution in [2.75, 3.05) is 6.61 Å². The smallest absolute Gasteiger partial charge is 0.350 e. The fourth-order valence-electron chi connectivity index (χ4n) is 3.45. The number of carbonyl (C=O) groups excluding carboxylic acids is 2. The van der Waals surface area contributed by atoms with Crippen LogP contribution in [0, 0.1) is 24.7 Å². The minimum atomic E-state index is -0.342. The van der Waals surface area contributed by atoms with Crippen LogP contribution in [0.1, 0.15) is 53.1 Å². The van der Waals surface area contributed by atoms with E-state index in [4.69, 9.17) is 4.74 Å². The molecule has 4 atom stereocenters. The predicted octanol–water partition coefficient (Wildman–Crippen LogP) is 3.02. The number of rotatable bonds is 5. The molecule has 1 N–H and O–H groups in total. The van der Waals surface area contributed by atoms with Crippen LogP contribution in [-0.4, -0.2) is 23.5 Å². The van der Waals surface area contributed by atoms with Gasteiger partial charge in [0, 0.05) is 5.92 Å². The third-order valence-electron chi connectivity index (χ3n) is 4.62. The molecule has 6 heteroatoms. The molecular weight excluding hydrogens is 312 g/mol. The first-order valence-electron chi connectivity index (χ1n) is 8.12. The Balaban J connectivity index is 1.65. The van der Waals surface area contributed by atoms with Crippen molar-refractivity contribution in [3.8, 4) is 0 Å². The number of allylic oxidation sites excluding steroid dienone is 2. The lowest BCUT2D eigenvalue weighted by Gasteiger charge is -2.20. The molecule has 0 radical (unpaired) electrons. The molecular formula is C17H22N2O3S. The molecule has 23 heavy (non-hydrogen) atoms. The molecule has 1 saturated carbocycles. The molecule has 2 bridgehead atoms. The lowest BCUT2D eigenvalue weighted by Crippen LogP contribution is -2.34. The van der Waals surface area contributed by atoms with Crippen LogP contribution >= 0.6 is 11.3 Å². The fraction of sp³-hybridized carbons (Fsp3) is 0.588. The van der Waals surface area contributed by atoms with Gasteiger partial charge in [0.15, 0.2) is 0 Å². The maximum atomic E-state index is 12.5. The number of hydrogen-bond donors (Lipinski definition) is 1. The van der Waals surface area contributed by atoms with E-state index in [9.17, 15) is 9.59 Å². The predicted molar refractivity (Wildman–Crippen MR) is 88.2 cm³/mol. The van der Waals surface area contributed by atoms with Crippen LogP contribution in [-0.2, 0) is 9.53 Å². The maximum Gasteiger partial charge on any atom is 0.350 e. The van der Waals surface area contributed by atoms with Crippen molar-refractivity contribution in [1.29, 1.82) is 0 Å². The highest BCUT2D eigenvalue weighted by atomic mass is 32.1. The first-order chi connectivity index (χ1) is 11.0. The van der Waals surface area contributed by atoms with Crippen molar-refractivity contribution in [2.24, 2.45) is 17.8 Å². The Kier molecular flexibility index (Phi) is 4.53.